The van der Waals surface area contributed by atoms with Gasteiger partial charge in [0.15, 0.2) is 0 Å². The van der Waals surface area contributed by atoms with Gasteiger partial charge in [-0.25, -0.2) is 15.0 Å². The third kappa shape index (κ3) is 4.35. The molecule has 0 bridgehead atoms. The predicted molar refractivity (Wildman–Crippen MR) is 89.3 cm³/mol. The summed E-state index contributed by atoms with van der Waals surface area (Å²) in [7, 11) is 0. The quantitative estimate of drug-likeness (QED) is 0.832. The molecule has 0 saturated heterocycles. The SMILES string of the molecule is CCc1ncnc(N[C@@H](C)COc2ncc(Cl)cc2Cl)c1Cl. The number of hydrogen-bond donors (Lipinski definition) is 1. The zero-order valence-electron chi connectivity index (χ0n) is 12.1. The van der Waals surface area contributed by atoms with Gasteiger partial charge in [0.1, 0.15) is 28.8 Å². The third-order valence-electron chi connectivity index (χ3n) is 2.82. The van der Waals surface area contributed by atoms with E-state index in [4.69, 9.17) is 39.5 Å². The molecule has 0 spiro atoms. The van der Waals surface area contributed by atoms with E-state index >= 15 is 0 Å². The van der Waals surface area contributed by atoms with E-state index in [0.717, 1.165) is 12.1 Å². The first kappa shape index (κ1) is 17.1. The molecule has 5 nitrogen and oxygen atoms in total. The van der Waals surface area contributed by atoms with Crippen molar-refractivity contribution >= 4 is 40.6 Å². The Morgan fingerprint density at radius 1 is 1.23 bits per heavy atom. The minimum absolute atomic E-state index is 0.0503. The van der Waals surface area contributed by atoms with Gasteiger partial charge in [0.25, 0.3) is 0 Å². The maximum atomic E-state index is 6.24. The van der Waals surface area contributed by atoms with E-state index in [2.05, 4.69) is 20.3 Å². The van der Waals surface area contributed by atoms with E-state index in [0.29, 0.717) is 33.4 Å². The van der Waals surface area contributed by atoms with Crippen molar-refractivity contribution in [1.82, 2.24) is 15.0 Å². The number of hydrogen-bond acceptors (Lipinski definition) is 5. The fourth-order valence-corrected chi connectivity index (χ4v) is 2.46. The molecule has 1 N–H and O–H groups in total. The van der Waals surface area contributed by atoms with Crippen LogP contribution < -0.4 is 10.1 Å². The fourth-order valence-electron chi connectivity index (χ4n) is 1.74. The van der Waals surface area contributed by atoms with Gasteiger partial charge in [0.05, 0.1) is 16.8 Å². The summed E-state index contributed by atoms with van der Waals surface area (Å²) in [5.41, 5.74) is 0.801. The summed E-state index contributed by atoms with van der Waals surface area (Å²) in [6, 6.07) is 1.53. The Morgan fingerprint density at radius 3 is 2.68 bits per heavy atom. The van der Waals surface area contributed by atoms with Gasteiger partial charge in [-0.3, -0.25) is 0 Å². The van der Waals surface area contributed by atoms with Crippen molar-refractivity contribution in [1.29, 1.82) is 0 Å². The van der Waals surface area contributed by atoms with Gasteiger partial charge in [0.2, 0.25) is 5.88 Å². The molecule has 22 heavy (non-hydrogen) atoms. The maximum absolute atomic E-state index is 6.24. The second-order valence-corrected chi connectivity index (χ2v) is 5.86. The van der Waals surface area contributed by atoms with Crippen LogP contribution in [-0.2, 0) is 6.42 Å². The topological polar surface area (TPSA) is 59.9 Å². The Hall–Kier alpha value is -1.30. The molecule has 2 aromatic heterocycles. The smallest absolute Gasteiger partial charge is 0.232 e. The highest BCUT2D eigenvalue weighted by molar-refractivity contribution is 6.35. The van der Waals surface area contributed by atoms with Crippen molar-refractivity contribution in [2.24, 2.45) is 0 Å². The highest BCUT2D eigenvalue weighted by Gasteiger charge is 2.12. The molecule has 0 amide bonds. The summed E-state index contributed by atoms with van der Waals surface area (Å²) in [6.07, 6.45) is 3.71. The first-order chi connectivity index (χ1) is 10.5. The van der Waals surface area contributed by atoms with Crippen LogP contribution in [0.4, 0.5) is 5.82 Å². The predicted octanol–water partition coefficient (Wildman–Crippen LogP) is 4.27. The molecule has 0 aromatic carbocycles. The third-order valence-corrected chi connectivity index (χ3v) is 3.70. The standard InChI is InChI=1S/C14H15Cl3N4O/c1-3-11-12(17)13(20-7-19-11)21-8(2)6-22-14-10(16)4-9(15)5-18-14/h4-5,7-8H,3,6H2,1-2H3,(H,19,20,21)/t8-/m0/s1. The van der Waals surface area contributed by atoms with Crippen molar-refractivity contribution in [2.75, 3.05) is 11.9 Å². The molecule has 0 unspecified atom stereocenters. The summed E-state index contributed by atoms with van der Waals surface area (Å²) in [5.74, 6) is 0.919. The summed E-state index contributed by atoms with van der Waals surface area (Å²) in [4.78, 5) is 12.3. The lowest BCUT2D eigenvalue weighted by atomic mass is 10.3. The lowest BCUT2D eigenvalue weighted by Gasteiger charge is -2.17. The zero-order chi connectivity index (χ0) is 16.1. The number of aryl methyl sites for hydroxylation is 1. The van der Waals surface area contributed by atoms with Crippen molar-refractivity contribution in [2.45, 2.75) is 26.3 Å². The van der Waals surface area contributed by atoms with Gasteiger partial charge in [-0.15, -0.1) is 0 Å². The summed E-state index contributed by atoms with van der Waals surface area (Å²) >= 11 is 18.0. The molecule has 0 aliphatic carbocycles. The monoisotopic (exact) mass is 360 g/mol. The van der Waals surface area contributed by atoms with Gasteiger partial charge >= 0.3 is 0 Å². The van der Waals surface area contributed by atoms with E-state index in [9.17, 15) is 0 Å². The van der Waals surface area contributed by atoms with Crippen molar-refractivity contribution in [3.63, 3.8) is 0 Å². The average molecular weight is 362 g/mol. The maximum Gasteiger partial charge on any atom is 0.232 e. The van der Waals surface area contributed by atoms with Crippen LogP contribution in [0.15, 0.2) is 18.6 Å². The number of ether oxygens (including phenoxy) is 1. The van der Waals surface area contributed by atoms with Crippen LogP contribution in [0.1, 0.15) is 19.5 Å². The first-order valence-corrected chi connectivity index (χ1v) is 7.84. The lowest BCUT2D eigenvalue weighted by molar-refractivity contribution is 0.292. The number of pyridine rings is 1. The van der Waals surface area contributed by atoms with E-state index in [1.54, 1.807) is 6.07 Å². The number of nitrogens with zero attached hydrogens (tertiary/aromatic N) is 3. The number of aromatic nitrogens is 3. The second-order valence-electron chi connectivity index (χ2n) is 4.63. The van der Waals surface area contributed by atoms with Gasteiger partial charge in [0, 0.05) is 6.20 Å². The van der Waals surface area contributed by atoms with Crippen molar-refractivity contribution < 1.29 is 4.74 Å². The van der Waals surface area contributed by atoms with Crippen LogP contribution in [0, 0.1) is 0 Å². The number of halogens is 3. The van der Waals surface area contributed by atoms with Crippen LogP contribution >= 0.6 is 34.8 Å². The molecular formula is C14H15Cl3N4O. The summed E-state index contributed by atoms with van der Waals surface area (Å²) < 4.78 is 5.57. The minimum atomic E-state index is -0.0503. The van der Waals surface area contributed by atoms with E-state index in [-0.39, 0.29) is 6.04 Å². The number of nitrogens with one attached hydrogen (secondary N) is 1. The average Bonchev–Trinajstić information content (AvgIpc) is 2.48. The van der Waals surface area contributed by atoms with Crippen LogP contribution in [0.25, 0.3) is 0 Å². The normalized spacial score (nSPS) is 12.0. The van der Waals surface area contributed by atoms with E-state index in [1.807, 2.05) is 13.8 Å². The van der Waals surface area contributed by atoms with Crippen molar-refractivity contribution in [3.05, 3.63) is 39.4 Å². The van der Waals surface area contributed by atoms with E-state index in [1.165, 1.54) is 12.5 Å². The van der Waals surface area contributed by atoms with Crippen LogP contribution in [0.2, 0.25) is 15.1 Å². The number of anilines is 1. The molecule has 0 aliphatic heterocycles. The van der Waals surface area contributed by atoms with Crippen LogP contribution in [0.3, 0.4) is 0 Å². The van der Waals surface area contributed by atoms with Gasteiger partial charge in [-0.2, -0.15) is 0 Å². The minimum Gasteiger partial charge on any atom is -0.474 e. The molecule has 0 fully saturated rings. The molecule has 0 radical (unpaired) electrons. The van der Waals surface area contributed by atoms with Crippen LogP contribution in [-0.4, -0.2) is 27.6 Å². The molecule has 0 saturated carbocycles. The summed E-state index contributed by atoms with van der Waals surface area (Å²) in [6.45, 7) is 4.27. The molecule has 2 aromatic rings. The zero-order valence-corrected chi connectivity index (χ0v) is 14.4. The van der Waals surface area contributed by atoms with Gasteiger partial charge < -0.3 is 10.1 Å². The first-order valence-electron chi connectivity index (χ1n) is 6.71. The second kappa shape index (κ2) is 7.81. The van der Waals surface area contributed by atoms with Gasteiger partial charge in [-0.1, -0.05) is 41.7 Å². The highest BCUT2D eigenvalue weighted by Crippen LogP contribution is 2.25. The fraction of sp³-hybridized carbons (Fsp3) is 0.357. The molecule has 0 aliphatic rings. The molecular weight excluding hydrogens is 347 g/mol. The molecule has 2 heterocycles. The van der Waals surface area contributed by atoms with E-state index < -0.39 is 0 Å². The Bertz CT molecular complexity index is 654. The Kier molecular flexibility index (Phi) is 6.06. The Labute approximate surface area is 144 Å². The van der Waals surface area contributed by atoms with Crippen molar-refractivity contribution in [3.8, 4) is 5.88 Å². The number of rotatable bonds is 6. The molecule has 8 heteroatoms. The highest BCUT2D eigenvalue weighted by atomic mass is 35.5. The largest absolute Gasteiger partial charge is 0.474 e. The van der Waals surface area contributed by atoms with Gasteiger partial charge in [-0.05, 0) is 19.4 Å². The summed E-state index contributed by atoms with van der Waals surface area (Å²) in [5, 5.41) is 4.54. The molecule has 118 valence electrons. The molecule has 1 atom stereocenters. The van der Waals surface area contributed by atoms with Crippen LogP contribution in [0.5, 0.6) is 5.88 Å². The lowest BCUT2D eigenvalue weighted by Crippen LogP contribution is -2.24. The molecule has 2 rings (SSSR count). The Morgan fingerprint density at radius 2 is 2.00 bits per heavy atom. The Balaban J connectivity index is 1.97.